The SMILES string of the molecule is CSC[C@@H](O)[C@@H](CO)N(C)c1cn(COCc2ccccc2)c2c(Cl)ncnc12.[BH3-]C#N.[Na+]. The zero-order valence-corrected chi connectivity index (χ0v) is 21.9. The zero-order valence-electron chi connectivity index (χ0n) is 18.3. The second kappa shape index (κ2) is 15.6. The molecule has 0 bridgehead atoms. The molecule has 12 heteroatoms. The van der Waals surface area contributed by atoms with Crippen LogP contribution in [-0.4, -0.2) is 70.4 Å². The van der Waals surface area contributed by atoms with Crippen molar-refractivity contribution in [3.05, 3.63) is 53.6 Å². The van der Waals surface area contributed by atoms with Gasteiger partial charge < -0.3 is 24.4 Å². The predicted molar refractivity (Wildman–Crippen MR) is 133 cm³/mol. The number of aromatic nitrogens is 3. The van der Waals surface area contributed by atoms with Gasteiger partial charge in [0.15, 0.2) is 5.15 Å². The Morgan fingerprint density at radius 2 is 2.00 bits per heavy atom. The van der Waals surface area contributed by atoms with Crippen LogP contribution in [0.2, 0.25) is 5.15 Å². The number of nitrogens with zero attached hydrogens (tertiary/aromatic N) is 5. The maximum absolute atomic E-state index is 10.4. The van der Waals surface area contributed by atoms with E-state index in [2.05, 4.69) is 9.97 Å². The number of benzene rings is 1. The monoisotopic (exact) mass is 499 g/mol. The van der Waals surface area contributed by atoms with Gasteiger partial charge in [-0.3, -0.25) is 5.26 Å². The van der Waals surface area contributed by atoms with Crippen molar-refractivity contribution in [2.45, 2.75) is 25.5 Å². The summed E-state index contributed by atoms with van der Waals surface area (Å²) in [5.74, 6) is 2.52. The Morgan fingerprint density at radius 1 is 1.33 bits per heavy atom. The minimum absolute atomic E-state index is 0. The van der Waals surface area contributed by atoms with E-state index < -0.39 is 12.1 Å². The zero-order chi connectivity index (χ0) is 23.5. The number of likely N-dealkylation sites (N-methyl/N-ethyl adjacent to an activating group) is 1. The number of fused-ring (bicyclic) bond motifs is 1. The van der Waals surface area contributed by atoms with Gasteiger partial charge in [-0.1, -0.05) is 41.9 Å². The van der Waals surface area contributed by atoms with Crippen LogP contribution >= 0.6 is 23.4 Å². The van der Waals surface area contributed by atoms with E-state index in [0.29, 0.717) is 28.5 Å². The number of halogens is 1. The predicted octanol–water partition coefficient (Wildman–Crippen LogP) is -1.38. The second-order valence-corrected chi connectivity index (χ2v) is 7.96. The third kappa shape index (κ3) is 8.16. The smallest absolute Gasteiger partial charge is 0.394 e. The van der Waals surface area contributed by atoms with Crippen molar-refractivity contribution >= 4 is 47.9 Å². The number of aliphatic hydroxyl groups is 2. The van der Waals surface area contributed by atoms with E-state index >= 15 is 0 Å². The molecule has 2 atom stereocenters. The van der Waals surface area contributed by atoms with Gasteiger partial charge in [0.2, 0.25) is 0 Å². The van der Waals surface area contributed by atoms with Crippen molar-refractivity contribution in [3.63, 3.8) is 0 Å². The summed E-state index contributed by atoms with van der Waals surface area (Å²) in [7, 11) is 1.89. The van der Waals surface area contributed by atoms with Crippen molar-refractivity contribution in [2.24, 2.45) is 0 Å². The van der Waals surface area contributed by atoms with Crippen molar-refractivity contribution in [3.8, 4) is 5.97 Å². The van der Waals surface area contributed by atoms with Crippen LogP contribution in [0.15, 0.2) is 42.9 Å². The molecule has 0 saturated heterocycles. The van der Waals surface area contributed by atoms with Gasteiger partial charge in [-0.05, 0) is 11.8 Å². The third-order valence-electron chi connectivity index (χ3n) is 4.77. The number of thioether (sulfide) groups is 1. The minimum atomic E-state index is -0.690. The Hall–Kier alpha value is -1.29. The van der Waals surface area contributed by atoms with Gasteiger partial charge in [-0.25, -0.2) is 9.97 Å². The molecule has 0 unspecified atom stereocenters. The van der Waals surface area contributed by atoms with Gasteiger partial charge in [-0.2, -0.15) is 17.7 Å². The van der Waals surface area contributed by atoms with E-state index in [1.807, 2.05) is 65.3 Å². The molecule has 2 N–H and O–H groups in total. The first-order valence-electron chi connectivity index (χ1n) is 9.40. The molecule has 33 heavy (non-hydrogen) atoms. The summed E-state index contributed by atoms with van der Waals surface area (Å²) in [4.78, 5) is 10.3. The Morgan fingerprint density at radius 3 is 2.61 bits per heavy atom. The Balaban J connectivity index is 0.00000129. The standard InChI is InChI=1S/C20H25ClN4O3S.CH3BN.Na/c1-24(16(9-26)17(27)11-29-2)15-8-25(19-18(15)22-12-23-20(19)21)13-28-10-14-6-4-3-5-7-14;2-1-3;/h3-8,12,16-17,26-27H,9-11,13H2,1-2H3;2H3;/q;-1;+1/t16-,17-;;/m1../s1. The van der Waals surface area contributed by atoms with Gasteiger partial charge in [0, 0.05) is 19.0 Å². The maximum atomic E-state index is 10.4. The molecule has 0 radical (unpaired) electrons. The molecule has 8 nitrogen and oxygen atoms in total. The van der Waals surface area contributed by atoms with Gasteiger partial charge >= 0.3 is 29.6 Å². The molecule has 3 rings (SSSR count). The van der Waals surface area contributed by atoms with Gasteiger partial charge in [0.1, 0.15) is 24.1 Å². The summed E-state index contributed by atoms with van der Waals surface area (Å²) < 4.78 is 7.71. The first-order valence-corrected chi connectivity index (χ1v) is 11.2. The molecule has 3 aromatic rings. The number of ether oxygens (including phenoxy) is 1. The molecule has 0 amide bonds. The van der Waals surface area contributed by atoms with Crippen molar-refractivity contribution in [1.29, 1.82) is 5.26 Å². The molecule has 2 heterocycles. The van der Waals surface area contributed by atoms with Crippen LogP contribution in [-0.2, 0) is 18.1 Å². The van der Waals surface area contributed by atoms with E-state index in [9.17, 15) is 10.2 Å². The molecular weight excluding hydrogens is 472 g/mol. The number of nitriles is 1. The number of rotatable bonds is 10. The normalized spacial score (nSPS) is 12.2. The molecule has 0 aliphatic carbocycles. The fourth-order valence-corrected chi connectivity index (χ4v) is 4.04. The second-order valence-electron chi connectivity index (χ2n) is 6.69. The summed E-state index contributed by atoms with van der Waals surface area (Å²) >= 11 is 7.88. The van der Waals surface area contributed by atoms with Crippen molar-refractivity contribution in [2.75, 3.05) is 30.6 Å². The van der Waals surface area contributed by atoms with Crippen LogP contribution in [0, 0.1) is 11.2 Å². The van der Waals surface area contributed by atoms with Gasteiger partial charge in [0.25, 0.3) is 0 Å². The Labute approximate surface area is 226 Å². The molecule has 0 fully saturated rings. The van der Waals surface area contributed by atoms with Crippen LogP contribution in [0.25, 0.3) is 11.0 Å². The summed E-state index contributed by atoms with van der Waals surface area (Å²) in [6, 6.07) is 9.43. The molecule has 0 aliphatic rings. The Kier molecular flexibility index (Phi) is 14.0. The fourth-order valence-electron chi connectivity index (χ4n) is 3.23. The van der Waals surface area contributed by atoms with E-state index in [4.69, 9.17) is 21.6 Å². The van der Waals surface area contributed by atoms with Crippen LogP contribution in [0.3, 0.4) is 0 Å². The van der Waals surface area contributed by atoms with E-state index in [0.717, 1.165) is 11.3 Å². The molecular formula is C21H28BClN5NaO3S. The summed E-state index contributed by atoms with van der Waals surface area (Å²) in [6.45, 7) is 0.542. The first-order chi connectivity index (χ1) is 15.5. The Bertz CT molecular complexity index is 1020. The molecule has 172 valence electrons. The molecule has 1 aromatic carbocycles. The molecule has 0 saturated carbocycles. The van der Waals surface area contributed by atoms with Crippen LogP contribution < -0.4 is 34.5 Å². The number of hydrogen-bond donors (Lipinski definition) is 2. The van der Waals surface area contributed by atoms with Crippen molar-refractivity contribution < 1.29 is 44.5 Å². The van der Waals surface area contributed by atoms with Crippen molar-refractivity contribution in [1.82, 2.24) is 14.5 Å². The molecule has 0 spiro atoms. The third-order valence-corrected chi connectivity index (χ3v) is 5.73. The van der Waals surface area contributed by atoms with Crippen LogP contribution in [0.4, 0.5) is 5.69 Å². The average molecular weight is 500 g/mol. The maximum Gasteiger partial charge on any atom is 1.00 e. The van der Waals surface area contributed by atoms with Crippen LogP contribution in [0.1, 0.15) is 5.56 Å². The molecule has 2 aromatic heterocycles. The average Bonchev–Trinajstić information content (AvgIpc) is 3.16. The van der Waals surface area contributed by atoms with Crippen LogP contribution in [0.5, 0.6) is 0 Å². The fraction of sp³-hybridized carbons (Fsp3) is 0.381. The van der Waals surface area contributed by atoms with E-state index in [1.165, 1.54) is 18.1 Å². The van der Waals surface area contributed by atoms with Gasteiger partial charge in [0.05, 0.1) is 38.9 Å². The quantitative estimate of drug-likeness (QED) is 0.260. The number of hydrogen-bond acceptors (Lipinski definition) is 8. The van der Waals surface area contributed by atoms with E-state index in [1.54, 1.807) is 0 Å². The largest absolute Gasteiger partial charge is 1.00 e. The topological polar surface area (TPSA) is 107 Å². The minimum Gasteiger partial charge on any atom is -0.394 e. The number of aliphatic hydroxyl groups excluding tert-OH is 2. The number of anilines is 1. The molecule has 0 aliphatic heterocycles. The summed E-state index contributed by atoms with van der Waals surface area (Å²) in [5, 5.41) is 28.0. The van der Waals surface area contributed by atoms with E-state index in [-0.39, 0.29) is 50.7 Å². The summed E-state index contributed by atoms with van der Waals surface area (Å²) in [5.41, 5.74) is 3.11. The van der Waals surface area contributed by atoms with Gasteiger partial charge in [-0.15, -0.1) is 0 Å². The summed E-state index contributed by atoms with van der Waals surface area (Å²) in [6.07, 6.45) is 4.50. The first kappa shape index (κ1) is 29.7.